The van der Waals surface area contributed by atoms with Crippen LogP contribution in [0.15, 0.2) is 0 Å². The predicted octanol–water partition coefficient (Wildman–Crippen LogP) is 1.01. The van der Waals surface area contributed by atoms with Crippen LogP contribution in [0.1, 0.15) is 0 Å². The molecule has 0 atom stereocenters. The van der Waals surface area contributed by atoms with Gasteiger partial charge in [-0.3, -0.25) is 0 Å². The molecule has 0 bridgehead atoms. The molecule has 0 aliphatic heterocycles. The Labute approximate surface area is 140 Å². The number of hydrogen-bond acceptors (Lipinski definition) is 0. The molecule has 0 fully saturated rings. The van der Waals surface area contributed by atoms with Crippen LogP contribution < -0.4 is 0 Å². The van der Waals surface area contributed by atoms with Crippen molar-refractivity contribution in [3.05, 3.63) is 0 Å². The summed E-state index contributed by atoms with van der Waals surface area (Å²) >= 11 is 0. The minimum absolute atomic E-state index is 0. The van der Waals surface area contributed by atoms with E-state index in [0.717, 1.165) is 0 Å². The van der Waals surface area contributed by atoms with Gasteiger partial charge in [0, 0.05) is 21.1 Å². The predicted molar refractivity (Wildman–Crippen MR) is 93.4 cm³/mol. The minimum atomic E-state index is 0. The maximum absolute atomic E-state index is 0. The second kappa shape index (κ2) is 122. The van der Waals surface area contributed by atoms with E-state index in [1.165, 1.54) is 0 Å². The molecule has 0 amide bonds. The summed E-state index contributed by atoms with van der Waals surface area (Å²) in [5.41, 5.74) is 0. The SMILES string of the molecule is S.S.S.S.S.S.S.S.S.[Mo]. The van der Waals surface area contributed by atoms with Gasteiger partial charge in [-0.15, -0.1) is 0 Å². The molecule has 0 aromatic rings. The van der Waals surface area contributed by atoms with Gasteiger partial charge >= 0.3 is 0 Å². The third-order valence-electron chi connectivity index (χ3n) is 0. The van der Waals surface area contributed by atoms with Gasteiger partial charge in [-0.25, -0.2) is 0 Å². The summed E-state index contributed by atoms with van der Waals surface area (Å²) in [5.74, 6) is 0. The van der Waals surface area contributed by atoms with Gasteiger partial charge in [-0.1, -0.05) is 0 Å². The summed E-state index contributed by atoms with van der Waals surface area (Å²) in [6.07, 6.45) is 0. The first-order chi connectivity index (χ1) is 0. The van der Waals surface area contributed by atoms with Crippen molar-refractivity contribution in [3.8, 4) is 0 Å². The molecular weight excluding hydrogens is 385 g/mol. The summed E-state index contributed by atoms with van der Waals surface area (Å²) in [4.78, 5) is 0. The van der Waals surface area contributed by atoms with Crippen molar-refractivity contribution in [2.45, 2.75) is 0 Å². The van der Waals surface area contributed by atoms with Crippen LogP contribution in [0.5, 0.6) is 0 Å². The van der Waals surface area contributed by atoms with Crippen molar-refractivity contribution in [2.24, 2.45) is 0 Å². The Morgan fingerprint density at radius 3 is 0.200 bits per heavy atom. The van der Waals surface area contributed by atoms with Gasteiger partial charge in [0.2, 0.25) is 0 Å². The van der Waals surface area contributed by atoms with Gasteiger partial charge in [-0.05, 0) is 0 Å². The first-order valence-corrected chi connectivity index (χ1v) is 0. The molecule has 10 heteroatoms. The molecule has 0 rings (SSSR count). The largest absolute Gasteiger partial charge is 0.197 e. The van der Waals surface area contributed by atoms with Gasteiger partial charge in [0.15, 0.2) is 0 Å². The van der Waals surface area contributed by atoms with Crippen molar-refractivity contribution in [3.63, 3.8) is 0 Å². The smallest absolute Gasteiger partial charge is 0 e. The van der Waals surface area contributed by atoms with Gasteiger partial charge < -0.3 is 0 Å². The van der Waals surface area contributed by atoms with Crippen LogP contribution in [-0.4, -0.2) is 0 Å². The van der Waals surface area contributed by atoms with Crippen LogP contribution in [-0.2, 0) is 21.1 Å². The van der Waals surface area contributed by atoms with E-state index in [-0.39, 0.29) is 143 Å². The zero-order chi connectivity index (χ0) is 0. The van der Waals surface area contributed by atoms with E-state index < -0.39 is 0 Å². The van der Waals surface area contributed by atoms with E-state index in [1.54, 1.807) is 0 Å². The van der Waals surface area contributed by atoms with Crippen LogP contribution in [0.2, 0.25) is 0 Å². The average Bonchev–Trinajstić information content (AvgIpc) is 0. The van der Waals surface area contributed by atoms with Crippen LogP contribution in [0.3, 0.4) is 0 Å². The van der Waals surface area contributed by atoms with E-state index in [4.69, 9.17) is 0 Å². The molecule has 0 saturated heterocycles. The maximum atomic E-state index is 0. The molecule has 0 radical (unpaired) electrons. The summed E-state index contributed by atoms with van der Waals surface area (Å²) < 4.78 is 0. The van der Waals surface area contributed by atoms with Crippen molar-refractivity contribution >= 4 is 121 Å². The van der Waals surface area contributed by atoms with Gasteiger partial charge in [-0.2, -0.15) is 121 Å². The molecule has 78 valence electrons. The summed E-state index contributed by atoms with van der Waals surface area (Å²) in [6.45, 7) is 0. The fourth-order valence-corrected chi connectivity index (χ4v) is 0. The normalized spacial score (nSPS) is 0. The van der Waals surface area contributed by atoms with Crippen molar-refractivity contribution < 1.29 is 21.1 Å². The molecule has 0 aliphatic carbocycles. The van der Waals surface area contributed by atoms with E-state index in [2.05, 4.69) is 0 Å². The Balaban J connectivity index is 0. The zero-order valence-electron chi connectivity index (χ0n) is 4.91. The fraction of sp³-hybridized carbons (Fsp3) is 0. The van der Waals surface area contributed by atoms with Crippen molar-refractivity contribution in [1.29, 1.82) is 0 Å². The Bertz CT molecular complexity index is 4.69. The maximum Gasteiger partial charge on any atom is 0 e. The van der Waals surface area contributed by atoms with Crippen molar-refractivity contribution in [1.82, 2.24) is 0 Å². The van der Waals surface area contributed by atoms with E-state index in [9.17, 15) is 0 Å². The Morgan fingerprint density at radius 1 is 0.200 bits per heavy atom. The Kier molecular flexibility index (Phi) is 1890. The van der Waals surface area contributed by atoms with Crippen LogP contribution in [0.25, 0.3) is 0 Å². The van der Waals surface area contributed by atoms with Crippen LogP contribution >= 0.6 is 121 Å². The molecule has 0 aromatic carbocycles. The third-order valence-corrected chi connectivity index (χ3v) is 0. The summed E-state index contributed by atoms with van der Waals surface area (Å²) in [6, 6.07) is 0. The molecule has 0 nitrogen and oxygen atoms in total. The minimum Gasteiger partial charge on any atom is -0.197 e. The molecule has 0 heterocycles. The van der Waals surface area contributed by atoms with Gasteiger partial charge in [0.25, 0.3) is 0 Å². The molecule has 0 spiro atoms. The first kappa shape index (κ1) is 155. The quantitative estimate of drug-likeness (QED) is 0.531. The molecule has 0 unspecified atom stereocenters. The summed E-state index contributed by atoms with van der Waals surface area (Å²) in [7, 11) is 0. The van der Waals surface area contributed by atoms with Crippen LogP contribution in [0.4, 0.5) is 0 Å². The second-order valence-electron chi connectivity index (χ2n) is 0. The van der Waals surface area contributed by atoms with Crippen LogP contribution in [0, 0.1) is 0 Å². The molecule has 0 saturated carbocycles. The number of hydrogen-bond donors (Lipinski definition) is 0. The average molecular weight is 403 g/mol. The second-order valence-corrected chi connectivity index (χ2v) is 0. The Hall–Kier alpha value is 3.84. The molecule has 10 heavy (non-hydrogen) atoms. The van der Waals surface area contributed by atoms with E-state index >= 15 is 0 Å². The monoisotopic (exact) mass is 404 g/mol. The first-order valence-electron chi connectivity index (χ1n) is 0. The standard InChI is InChI=1S/Mo.9H2S/h;9*1H2. The Morgan fingerprint density at radius 2 is 0.200 bits per heavy atom. The topological polar surface area (TPSA) is 0 Å². The third kappa shape index (κ3) is 94.4. The van der Waals surface area contributed by atoms with Gasteiger partial charge in [0.05, 0.1) is 0 Å². The molecular formula is H18MoS9. The van der Waals surface area contributed by atoms with E-state index in [0.29, 0.717) is 0 Å². The zero-order valence-corrected chi connectivity index (χ0v) is 15.9. The molecule has 0 aromatic heterocycles. The molecule has 0 aliphatic rings. The van der Waals surface area contributed by atoms with Crippen molar-refractivity contribution in [2.75, 3.05) is 0 Å². The van der Waals surface area contributed by atoms with E-state index in [1.807, 2.05) is 0 Å². The number of rotatable bonds is 0. The fourth-order valence-electron chi connectivity index (χ4n) is 0. The summed E-state index contributed by atoms with van der Waals surface area (Å²) in [5, 5.41) is 0. The molecule has 0 N–H and O–H groups in total. The van der Waals surface area contributed by atoms with Gasteiger partial charge in [0.1, 0.15) is 0 Å².